The lowest BCUT2D eigenvalue weighted by Crippen LogP contribution is -2.40. The van der Waals surface area contributed by atoms with Crippen molar-refractivity contribution in [2.75, 3.05) is 27.2 Å². The number of ether oxygens (including phenoxy) is 1. The zero-order chi connectivity index (χ0) is 17.9. The zero-order valence-corrected chi connectivity index (χ0v) is 14.9. The molecule has 0 bridgehead atoms. The Hall–Kier alpha value is -2.41. The van der Waals surface area contributed by atoms with Crippen molar-refractivity contribution in [2.24, 2.45) is 11.1 Å². The first kappa shape index (κ1) is 17.9. The minimum Gasteiger partial charge on any atom is -0.497 e. The fourth-order valence-corrected chi connectivity index (χ4v) is 2.45. The summed E-state index contributed by atoms with van der Waals surface area (Å²) in [5.74, 6) is 0.602. The van der Waals surface area contributed by atoms with Gasteiger partial charge in [0, 0.05) is 13.6 Å². The van der Waals surface area contributed by atoms with Gasteiger partial charge < -0.3 is 15.4 Å². The van der Waals surface area contributed by atoms with Crippen LogP contribution in [0.15, 0.2) is 24.3 Å². The highest BCUT2D eigenvalue weighted by atomic mass is 16.5. The maximum Gasteiger partial charge on any atom is 0.276 e. The molecule has 2 rings (SSSR count). The molecule has 0 spiro atoms. The van der Waals surface area contributed by atoms with Crippen LogP contribution in [0, 0.1) is 12.3 Å². The second kappa shape index (κ2) is 7.00. The number of carbonyl (C=O) groups is 1. The van der Waals surface area contributed by atoms with E-state index >= 15 is 0 Å². The second-order valence-electron chi connectivity index (χ2n) is 6.66. The van der Waals surface area contributed by atoms with Crippen LogP contribution < -0.4 is 10.5 Å². The number of aromatic nitrogens is 3. The molecule has 24 heavy (non-hydrogen) atoms. The van der Waals surface area contributed by atoms with Crippen LogP contribution in [0.25, 0.3) is 5.69 Å². The molecule has 0 saturated carbocycles. The van der Waals surface area contributed by atoms with Crippen LogP contribution in [-0.4, -0.2) is 53.0 Å². The molecule has 1 aromatic carbocycles. The smallest absolute Gasteiger partial charge is 0.276 e. The van der Waals surface area contributed by atoms with Crippen LogP contribution in [0.5, 0.6) is 5.75 Å². The van der Waals surface area contributed by atoms with E-state index in [1.807, 2.05) is 45.0 Å². The third-order valence-corrected chi connectivity index (χ3v) is 3.98. The largest absolute Gasteiger partial charge is 0.497 e. The maximum atomic E-state index is 12.7. The predicted molar refractivity (Wildman–Crippen MR) is 92.4 cm³/mol. The van der Waals surface area contributed by atoms with Crippen LogP contribution in [-0.2, 0) is 0 Å². The van der Waals surface area contributed by atoms with E-state index in [0.29, 0.717) is 24.5 Å². The molecule has 130 valence electrons. The first-order valence-electron chi connectivity index (χ1n) is 7.81. The molecule has 0 saturated heterocycles. The van der Waals surface area contributed by atoms with Crippen LogP contribution in [0.1, 0.15) is 30.0 Å². The summed E-state index contributed by atoms with van der Waals surface area (Å²) in [6.07, 6.45) is 0. The Bertz CT molecular complexity index is 706. The average molecular weight is 331 g/mol. The lowest BCUT2D eigenvalue weighted by atomic mass is 9.93. The second-order valence-corrected chi connectivity index (χ2v) is 6.66. The Labute approximate surface area is 142 Å². The molecule has 2 aromatic rings. The van der Waals surface area contributed by atoms with Crippen LogP contribution in [0.4, 0.5) is 0 Å². The van der Waals surface area contributed by atoms with E-state index in [1.54, 1.807) is 23.7 Å². The molecule has 7 heteroatoms. The first-order chi connectivity index (χ1) is 11.3. The molecule has 2 N–H and O–H groups in total. The monoisotopic (exact) mass is 331 g/mol. The predicted octanol–water partition coefficient (Wildman–Crippen LogP) is 1.64. The van der Waals surface area contributed by atoms with Gasteiger partial charge in [0.1, 0.15) is 5.75 Å². The number of hydrogen-bond donors (Lipinski definition) is 1. The number of nitrogens with two attached hydrogens (primary N) is 1. The molecular weight excluding hydrogens is 306 g/mol. The number of benzene rings is 1. The van der Waals surface area contributed by atoms with E-state index in [2.05, 4.69) is 10.3 Å². The van der Waals surface area contributed by atoms with Crippen molar-refractivity contribution in [1.82, 2.24) is 19.9 Å². The van der Waals surface area contributed by atoms with Gasteiger partial charge in [0.2, 0.25) is 0 Å². The van der Waals surface area contributed by atoms with Crippen molar-refractivity contribution in [1.29, 1.82) is 0 Å². The molecule has 0 radical (unpaired) electrons. The number of nitrogens with zero attached hydrogens (tertiary/aromatic N) is 4. The Morgan fingerprint density at radius 3 is 2.50 bits per heavy atom. The van der Waals surface area contributed by atoms with Crippen molar-refractivity contribution in [3.63, 3.8) is 0 Å². The van der Waals surface area contributed by atoms with Crippen molar-refractivity contribution >= 4 is 5.91 Å². The molecule has 0 aliphatic heterocycles. The topological polar surface area (TPSA) is 86.3 Å². The quantitative estimate of drug-likeness (QED) is 0.869. The van der Waals surface area contributed by atoms with E-state index < -0.39 is 0 Å². The number of rotatable bonds is 6. The Kier molecular flexibility index (Phi) is 5.23. The van der Waals surface area contributed by atoms with Crippen molar-refractivity contribution in [2.45, 2.75) is 20.8 Å². The molecule has 0 aliphatic rings. The van der Waals surface area contributed by atoms with E-state index in [0.717, 1.165) is 11.4 Å². The fourth-order valence-electron chi connectivity index (χ4n) is 2.45. The lowest BCUT2D eigenvalue weighted by molar-refractivity contribution is 0.0734. The molecule has 0 fully saturated rings. The van der Waals surface area contributed by atoms with Crippen LogP contribution in [0.3, 0.4) is 0 Å². The third kappa shape index (κ3) is 3.73. The van der Waals surface area contributed by atoms with E-state index in [4.69, 9.17) is 10.5 Å². The zero-order valence-electron chi connectivity index (χ0n) is 14.9. The van der Waals surface area contributed by atoms with Crippen LogP contribution >= 0.6 is 0 Å². The fraction of sp³-hybridized carbons (Fsp3) is 0.471. The number of amides is 1. The molecule has 7 nitrogen and oxygen atoms in total. The summed E-state index contributed by atoms with van der Waals surface area (Å²) < 4.78 is 6.80. The van der Waals surface area contributed by atoms with Gasteiger partial charge in [-0.15, -0.1) is 5.10 Å². The summed E-state index contributed by atoms with van der Waals surface area (Å²) >= 11 is 0. The Balaban J connectivity index is 2.23. The summed E-state index contributed by atoms with van der Waals surface area (Å²) in [6, 6.07) is 7.42. The number of methoxy groups -OCH3 is 1. The molecular formula is C17H25N5O2. The Morgan fingerprint density at radius 2 is 1.96 bits per heavy atom. The molecule has 1 aromatic heterocycles. The number of carbonyl (C=O) groups excluding carboxylic acids is 1. The first-order valence-corrected chi connectivity index (χ1v) is 7.81. The van der Waals surface area contributed by atoms with Gasteiger partial charge in [0.25, 0.3) is 5.91 Å². The average Bonchev–Trinajstić information content (AvgIpc) is 2.95. The molecule has 1 heterocycles. The highest BCUT2D eigenvalue weighted by Gasteiger charge is 2.25. The van der Waals surface area contributed by atoms with Crippen molar-refractivity contribution in [3.8, 4) is 11.4 Å². The summed E-state index contributed by atoms with van der Waals surface area (Å²) in [6.45, 7) is 6.94. The standard InChI is InChI=1S/C17H25N5O2/c1-12-15(16(23)21(4)11-17(2,3)10-18)19-20-22(12)13-6-8-14(24-5)9-7-13/h6-9H,10-11,18H2,1-5H3. The summed E-state index contributed by atoms with van der Waals surface area (Å²) in [5.41, 5.74) is 7.47. The minimum absolute atomic E-state index is 0.149. The third-order valence-electron chi connectivity index (χ3n) is 3.98. The maximum absolute atomic E-state index is 12.7. The summed E-state index contributed by atoms with van der Waals surface area (Å²) in [5, 5.41) is 8.19. The van der Waals surface area contributed by atoms with E-state index in [9.17, 15) is 4.79 Å². The van der Waals surface area contributed by atoms with Gasteiger partial charge in [0.05, 0.1) is 18.5 Å². The van der Waals surface area contributed by atoms with Crippen molar-refractivity contribution in [3.05, 3.63) is 35.7 Å². The van der Waals surface area contributed by atoms with Gasteiger partial charge in [-0.2, -0.15) is 0 Å². The van der Waals surface area contributed by atoms with Crippen molar-refractivity contribution < 1.29 is 9.53 Å². The molecule has 0 atom stereocenters. The molecule has 0 aliphatic carbocycles. The van der Waals surface area contributed by atoms with Gasteiger partial charge in [-0.3, -0.25) is 4.79 Å². The SMILES string of the molecule is COc1ccc(-n2nnc(C(=O)N(C)CC(C)(C)CN)c2C)cc1. The van der Waals surface area contributed by atoms with Gasteiger partial charge in [0.15, 0.2) is 5.69 Å². The van der Waals surface area contributed by atoms with Gasteiger partial charge >= 0.3 is 0 Å². The van der Waals surface area contributed by atoms with Crippen LogP contribution in [0.2, 0.25) is 0 Å². The Morgan fingerprint density at radius 1 is 1.33 bits per heavy atom. The normalized spacial score (nSPS) is 11.4. The minimum atomic E-state index is -0.159. The van der Waals surface area contributed by atoms with E-state index in [-0.39, 0.29) is 11.3 Å². The van der Waals surface area contributed by atoms with Gasteiger partial charge in [-0.25, -0.2) is 4.68 Å². The van der Waals surface area contributed by atoms with Gasteiger partial charge in [-0.1, -0.05) is 19.1 Å². The van der Waals surface area contributed by atoms with Gasteiger partial charge in [-0.05, 0) is 43.1 Å². The van der Waals surface area contributed by atoms with E-state index in [1.165, 1.54) is 0 Å². The molecule has 1 amide bonds. The lowest BCUT2D eigenvalue weighted by Gasteiger charge is -2.28. The molecule has 0 unspecified atom stereocenters. The number of hydrogen-bond acceptors (Lipinski definition) is 5. The highest BCUT2D eigenvalue weighted by molar-refractivity contribution is 5.93. The highest BCUT2D eigenvalue weighted by Crippen LogP contribution is 2.19. The summed E-state index contributed by atoms with van der Waals surface area (Å²) in [4.78, 5) is 14.3. The summed E-state index contributed by atoms with van der Waals surface area (Å²) in [7, 11) is 3.37.